The molecule has 0 radical (unpaired) electrons. The third kappa shape index (κ3) is 4.97. The van der Waals surface area contributed by atoms with Gasteiger partial charge < -0.3 is 19.5 Å². The quantitative estimate of drug-likeness (QED) is 0.160. The Balaban J connectivity index is 1.16. The lowest BCUT2D eigenvalue weighted by Crippen LogP contribution is -2.62. The number of benzene rings is 1. The van der Waals surface area contributed by atoms with Gasteiger partial charge in [0, 0.05) is 52.1 Å². The number of piperidine rings is 1. The van der Waals surface area contributed by atoms with E-state index < -0.39 is 34.9 Å². The number of fused-ring (bicyclic) bond motifs is 11. The van der Waals surface area contributed by atoms with Gasteiger partial charge in [-0.3, -0.25) is 15.0 Å². The first-order chi connectivity index (χ1) is 26.3. The topological polar surface area (TPSA) is 104 Å². The SMILES string of the molecule is C=C(C)[C@H]1C(=O)c2c3c(cc4c5c(n1c24)[C@@]1(C)[C@@H](CC[C@H]2[C@](C)(/C=C/C=C(\C)C(=O)NN4CCCCC4)[C@@H](O)CC[C@@]21C)C5)C1=CC(C)(C)OC(C)(C)[C@H]1[C@@H]3O. The molecule has 8 heteroatoms. The number of amides is 1. The van der Waals surface area contributed by atoms with Gasteiger partial charge in [-0.25, -0.2) is 5.01 Å². The summed E-state index contributed by atoms with van der Waals surface area (Å²) in [5.41, 5.74) is 9.55. The lowest BCUT2D eigenvalue weighted by molar-refractivity contribution is -0.144. The predicted molar refractivity (Wildman–Crippen MR) is 221 cm³/mol. The molecule has 300 valence electrons. The number of nitrogens with zero attached hydrogens (tertiary/aromatic N) is 2. The highest BCUT2D eigenvalue weighted by atomic mass is 16.5. The molecule has 3 aliphatic heterocycles. The average molecular weight is 762 g/mol. The number of allylic oxidation sites excluding steroid dienone is 3. The molecule has 1 aromatic carbocycles. The molecule has 9 rings (SSSR count). The van der Waals surface area contributed by atoms with Gasteiger partial charge in [-0.15, -0.1) is 0 Å². The van der Waals surface area contributed by atoms with E-state index in [4.69, 9.17) is 4.74 Å². The monoisotopic (exact) mass is 761 g/mol. The van der Waals surface area contributed by atoms with Crippen LogP contribution in [0.25, 0.3) is 16.5 Å². The highest BCUT2D eigenvalue weighted by Gasteiger charge is 2.68. The van der Waals surface area contributed by atoms with E-state index in [1.807, 2.05) is 31.0 Å². The Morgan fingerprint density at radius 3 is 2.43 bits per heavy atom. The molecule has 1 amide bonds. The maximum atomic E-state index is 15.0. The number of Topliss-reactive ketones (excluding diaryl/α,β-unsaturated/α-hetero) is 1. The number of carbonyl (C=O) groups is 2. The number of ether oxygens (including phenoxy) is 1. The van der Waals surface area contributed by atoms with Crippen molar-refractivity contribution in [2.75, 3.05) is 13.1 Å². The van der Waals surface area contributed by atoms with E-state index in [1.165, 1.54) is 17.7 Å². The fourth-order valence-electron chi connectivity index (χ4n) is 13.8. The molecule has 4 heterocycles. The van der Waals surface area contributed by atoms with Crippen molar-refractivity contribution < 1.29 is 24.5 Å². The van der Waals surface area contributed by atoms with Gasteiger partial charge in [0.1, 0.15) is 6.04 Å². The van der Waals surface area contributed by atoms with Gasteiger partial charge in [-0.05, 0) is 133 Å². The second kappa shape index (κ2) is 12.4. The number of carbonyl (C=O) groups excluding carboxylic acids is 2. The molecule has 2 aromatic rings. The third-order valence-corrected chi connectivity index (χ3v) is 16.4. The van der Waals surface area contributed by atoms with Crippen LogP contribution in [0.15, 0.2) is 48.1 Å². The fourth-order valence-corrected chi connectivity index (χ4v) is 13.8. The number of aromatic nitrogens is 1. The van der Waals surface area contributed by atoms with E-state index >= 15 is 0 Å². The van der Waals surface area contributed by atoms with Gasteiger partial charge in [0.05, 0.1) is 34.5 Å². The number of hydrazine groups is 1. The van der Waals surface area contributed by atoms with Gasteiger partial charge in [-0.1, -0.05) is 57.6 Å². The van der Waals surface area contributed by atoms with Crippen molar-refractivity contribution in [2.45, 2.75) is 149 Å². The van der Waals surface area contributed by atoms with Gasteiger partial charge >= 0.3 is 0 Å². The Morgan fingerprint density at radius 1 is 1.02 bits per heavy atom. The summed E-state index contributed by atoms with van der Waals surface area (Å²) in [7, 11) is 0. The Bertz CT molecular complexity index is 2180. The number of hydrogen-bond donors (Lipinski definition) is 3. The van der Waals surface area contributed by atoms with Gasteiger partial charge in [0.15, 0.2) is 5.78 Å². The Hall–Kier alpha value is -3.30. The van der Waals surface area contributed by atoms with E-state index in [0.29, 0.717) is 23.5 Å². The zero-order valence-electron chi connectivity index (χ0n) is 35.1. The maximum Gasteiger partial charge on any atom is 0.261 e. The number of aliphatic hydroxyl groups is 2. The molecule has 4 aliphatic carbocycles. The third-order valence-electron chi connectivity index (χ3n) is 16.4. The minimum absolute atomic E-state index is 0.0383. The Morgan fingerprint density at radius 2 is 1.73 bits per heavy atom. The highest BCUT2D eigenvalue weighted by molar-refractivity contribution is 6.18. The molecule has 1 saturated heterocycles. The molecular weight excluding hydrogens is 699 g/mol. The summed E-state index contributed by atoms with van der Waals surface area (Å²) in [4.78, 5) is 28.0. The van der Waals surface area contributed by atoms with Crippen LogP contribution in [0.5, 0.6) is 0 Å². The summed E-state index contributed by atoms with van der Waals surface area (Å²) in [5, 5.41) is 27.3. The van der Waals surface area contributed by atoms with Crippen molar-refractivity contribution >= 4 is 28.2 Å². The van der Waals surface area contributed by atoms with Gasteiger partial charge in [0.25, 0.3) is 5.91 Å². The van der Waals surface area contributed by atoms with Crippen molar-refractivity contribution in [3.63, 3.8) is 0 Å². The van der Waals surface area contributed by atoms with Crippen LogP contribution >= 0.6 is 0 Å². The van der Waals surface area contributed by atoms with Crippen LogP contribution in [0.1, 0.15) is 152 Å². The second-order valence-corrected chi connectivity index (χ2v) is 20.5. The summed E-state index contributed by atoms with van der Waals surface area (Å²) < 4.78 is 8.93. The molecule has 0 bridgehead atoms. The minimum Gasteiger partial charge on any atom is -0.392 e. The van der Waals surface area contributed by atoms with Crippen LogP contribution in [0.2, 0.25) is 0 Å². The lowest BCUT2D eigenvalue weighted by atomic mass is 9.40. The lowest BCUT2D eigenvalue weighted by Gasteiger charge is -2.64. The summed E-state index contributed by atoms with van der Waals surface area (Å²) >= 11 is 0. The van der Waals surface area contributed by atoms with Crippen molar-refractivity contribution in [1.82, 2.24) is 15.0 Å². The first kappa shape index (κ1) is 38.2. The molecule has 7 aliphatic rings. The smallest absolute Gasteiger partial charge is 0.261 e. The largest absolute Gasteiger partial charge is 0.392 e. The number of rotatable bonds is 5. The predicted octanol–water partition coefficient (Wildman–Crippen LogP) is 8.62. The summed E-state index contributed by atoms with van der Waals surface area (Å²) in [5.74, 6) is 0.261. The summed E-state index contributed by atoms with van der Waals surface area (Å²) in [6, 6.07) is 1.79. The van der Waals surface area contributed by atoms with Crippen LogP contribution in [-0.4, -0.2) is 61.9 Å². The van der Waals surface area contributed by atoms with E-state index in [9.17, 15) is 19.8 Å². The van der Waals surface area contributed by atoms with Gasteiger partial charge in [-0.2, -0.15) is 0 Å². The zero-order valence-corrected chi connectivity index (χ0v) is 35.1. The van der Waals surface area contributed by atoms with E-state index in [-0.39, 0.29) is 34.4 Å². The molecule has 8 nitrogen and oxygen atoms in total. The first-order valence-electron chi connectivity index (χ1n) is 21.4. The average Bonchev–Trinajstić information content (AvgIpc) is 3.79. The normalized spacial score (nSPS) is 38.2. The van der Waals surface area contributed by atoms with E-state index in [1.54, 1.807) is 0 Å². The second-order valence-electron chi connectivity index (χ2n) is 20.5. The standard InChI is InChI=1S/C48H63N3O5/c1-26(2)38-41(54)36-35-29(32-25-44(4,5)56-45(6,7)37(32)40(35)53)24-30-31-23-28-16-17-33-46(8,19-14-15-27(3)43(55)49-50-21-12-11-13-22-50)34(52)18-20-47(33,9)48(28,10)42(31)51(38)39(30)36/h14-15,19,24-25,28,33-34,37-38,40,52-53H,1,11-13,16-18,20-23H2,2-10H3,(H,49,55)/b19-14+,27-15+/t28-,33-,34-,37+,38-,40+,46-,47-,48+/m0/s1. The number of nitrogens with one attached hydrogen (secondary N) is 1. The number of ketones is 1. The minimum atomic E-state index is -0.853. The van der Waals surface area contributed by atoms with E-state index in [2.05, 4.69) is 83.3 Å². The number of aliphatic hydroxyl groups excluding tert-OH is 2. The fraction of sp³-hybridized carbons (Fsp3) is 0.625. The van der Waals surface area contributed by atoms with Crippen molar-refractivity contribution in [1.29, 1.82) is 0 Å². The van der Waals surface area contributed by atoms with Crippen molar-refractivity contribution in [2.24, 2.45) is 28.6 Å². The molecule has 3 N–H and O–H groups in total. The molecular formula is C48H63N3O5. The zero-order chi connectivity index (χ0) is 40.1. The molecule has 9 atom stereocenters. The number of hydrogen-bond acceptors (Lipinski definition) is 6. The van der Waals surface area contributed by atoms with Crippen molar-refractivity contribution in [3.05, 3.63) is 76.0 Å². The van der Waals surface area contributed by atoms with Crippen LogP contribution in [0.4, 0.5) is 0 Å². The van der Waals surface area contributed by atoms with Crippen LogP contribution in [0.3, 0.4) is 0 Å². The molecule has 56 heavy (non-hydrogen) atoms. The Labute approximate surface area is 333 Å². The maximum absolute atomic E-state index is 15.0. The Kier molecular flexibility index (Phi) is 8.44. The van der Waals surface area contributed by atoms with Crippen LogP contribution in [0, 0.1) is 28.6 Å². The van der Waals surface area contributed by atoms with Crippen LogP contribution in [-0.2, 0) is 21.4 Å². The van der Waals surface area contributed by atoms with Gasteiger partial charge in [0.2, 0.25) is 0 Å². The molecule has 1 aromatic heterocycles. The molecule has 0 unspecified atom stereocenters. The molecule has 3 fully saturated rings. The first-order valence-corrected chi connectivity index (χ1v) is 21.4. The van der Waals surface area contributed by atoms with Crippen molar-refractivity contribution in [3.8, 4) is 0 Å². The van der Waals surface area contributed by atoms with E-state index in [0.717, 1.165) is 84.8 Å². The molecule has 0 spiro atoms. The highest BCUT2D eigenvalue weighted by Crippen LogP contribution is 2.71. The summed E-state index contributed by atoms with van der Waals surface area (Å²) in [6.07, 6.45) is 14.9. The van der Waals surface area contributed by atoms with Crippen LogP contribution < -0.4 is 5.43 Å². The summed E-state index contributed by atoms with van der Waals surface area (Å²) in [6.45, 7) is 25.5. The molecule has 2 saturated carbocycles.